The number of fused-ring (bicyclic) bond motifs is 1. The second kappa shape index (κ2) is 8.94. The van der Waals surface area contributed by atoms with Crippen LogP contribution in [0.15, 0.2) is 22.8 Å². The van der Waals surface area contributed by atoms with Gasteiger partial charge in [-0.25, -0.2) is 0 Å². The predicted molar refractivity (Wildman–Crippen MR) is 120 cm³/mol. The van der Waals surface area contributed by atoms with E-state index in [1.807, 2.05) is 25.9 Å². The third-order valence-corrected chi connectivity index (χ3v) is 7.58. The van der Waals surface area contributed by atoms with Crippen molar-refractivity contribution in [1.82, 2.24) is 15.5 Å². The van der Waals surface area contributed by atoms with Gasteiger partial charge in [0.15, 0.2) is 5.76 Å². The Hall–Kier alpha value is -1.86. The monoisotopic (exact) mass is 433 g/mol. The quantitative estimate of drug-likeness (QED) is 0.586. The number of hydrogen-bond acceptors (Lipinski definition) is 5. The van der Waals surface area contributed by atoms with Crippen LogP contribution in [-0.2, 0) is 4.79 Å². The van der Waals surface area contributed by atoms with Gasteiger partial charge in [0.05, 0.1) is 11.9 Å². The molecule has 2 fully saturated rings. The number of amides is 2. The Kier molecular flexibility index (Phi) is 6.87. The number of aliphatic hydroxyl groups is 1. The molecule has 1 aromatic rings. The van der Waals surface area contributed by atoms with Gasteiger partial charge in [-0.3, -0.25) is 9.59 Å². The molecule has 3 rings (SSSR count). The Bertz CT molecular complexity index is 772. The van der Waals surface area contributed by atoms with Gasteiger partial charge in [0.2, 0.25) is 5.91 Å². The van der Waals surface area contributed by atoms with E-state index < -0.39 is 5.60 Å². The molecule has 4 unspecified atom stereocenters. The van der Waals surface area contributed by atoms with Crippen LogP contribution in [0, 0.1) is 16.7 Å². The number of hydrogen-bond donors (Lipinski definition) is 3. The number of carbonyl (C=O) groups is 2. The van der Waals surface area contributed by atoms with Crippen LogP contribution in [0.3, 0.4) is 0 Å². The molecule has 2 saturated carbocycles. The maximum atomic E-state index is 12.8. The molecule has 4 atom stereocenters. The van der Waals surface area contributed by atoms with E-state index in [-0.39, 0.29) is 34.6 Å². The Labute approximate surface area is 185 Å². The van der Waals surface area contributed by atoms with E-state index in [1.165, 1.54) is 6.26 Å². The second-order valence-electron chi connectivity index (χ2n) is 10.8. The number of likely N-dealkylation sites (N-methyl/N-ethyl adjacent to an activating group) is 1. The van der Waals surface area contributed by atoms with Crippen LogP contribution in [0.4, 0.5) is 0 Å². The van der Waals surface area contributed by atoms with Gasteiger partial charge in [-0.1, -0.05) is 13.8 Å². The maximum absolute atomic E-state index is 12.8. The summed E-state index contributed by atoms with van der Waals surface area (Å²) < 4.78 is 5.30. The highest BCUT2D eigenvalue weighted by molar-refractivity contribution is 5.91. The molecule has 2 amide bonds. The lowest BCUT2D eigenvalue weighted by Gasteiger charge is -2.50. The van der Waals surface area contributed by atoms with Crippen molar-refractivity contribution in [2.45, 2.75) is 70.9 Å². The average molecular weight is 434 g/mol. The third-order valence-electron chi connectivity index (χ3n) is 7.58. The minimum absolute atomic E-state index is 0.0487. The molecule has 0 bridgehead atoms. The van der Waals surface area contributed by atoms with Crippen LogP contribution >= 0.6 is 0 Å². The van der Waals surface area contributed by atoms with Gasteiger partial charge in [0.1, 0.15) is 0 Å². The summed E-state index contributed by atoms with van der Waals surface area (Å²) in [5.74, 6) is 0.368. The number of nitrogens with zero attached hydrogens (tertiary/aromatic N) is 1. The van der Waals surface area contributed by atoms with E-state index in [1.54, 1.807) is 12.1 Å². The van der Waals surface area contributed by atoms with Gasteiger partial charge >= 0.3 is 0 Å². The second-order valence-corrected chi connectivity index (χ2v) is 10.8. The summed E-state index contributed by atoms with van der Waals surface area (Å²) in [5.41, 5.74) is -0.973. The van der Waals surface area contributed by atoms with E-state index in [4.69, 9.17) is 4.42 Å². The maximum Gasteiger partial charge on any atom is 0.287 e. The van der Waals surface area contributed by atoms with Crippen molar-refractivity contribution < 1.29 is 19.1 Å². The number of rotatable bonds is 8. The van der Waals surface area contributed by atoms with Crippen molar-refractivity contribution in [2.24, 2.45) is 16.7 Å². The fraction of sp³-hybridized carbons (Fsp3) is 0.750. The van der Waals surface area contributed by atoms with Crippen molar-refractivity contribution in [3.05, 3.63) is 24.2 Å². The highest BCUT2D eigenvalue weighted by Gasteiger charge is 2.61. The minimum Gasteiger partial charge on any atom is -0.459 e. The molecular weight excluding hydrogens is 394 g/mol. The van der Waals surface area contributed by atoms with E-state index >= 15 is 0 Å². The fourth-order valence-corrected chi connectivity index (χ4v) is 5.92. The van der Waals surface area contributed by atoms with Gasteiger partial charge in [0.25, 0.3) is 5.91 Å². The van der Waals surface area contributed by atoms with Crippen LogP contribution in [0.2, 0.25) is 0 Å². The van der Waals surface area contributed by atoms with Gasteiger partial charge in [0, 0.05) is 25.6 Å². The van der Waals surface area contributed by atoms with Gasteiger partial charge in [-0.05, 0) is 82.0 Å². The lowest BCUT2D eigenvalue weighted by atomic mass is 9.57. The zero-order chi connectivity index (χ0) is 22.9. The summed E-state index contributed by atoms with van der Waals surface area (Å²) in [7, 11) is 3.97. The minimum atomic E-state index is -0.709. The molecule has 0 saturated heterocycles. The van der Waals surface area contributed by atoms with E-state index in [9.17, 15) is 14.7 Å². The fourth-order valence-electron chi connectivity index (χ4n) is 5.92. The molecule has 2 aliphatic rings. The summed E-state index contributed by atoms with van der Waals surface area (Å²) in [6.45, 7) is 7.79. The molecule has 0 aliphatic heterocycles. The number of carbonyl (C=O) groups excluding carboxylic acids is 2. The van der Waals surface area contributed by atoms with Gasteiger partial charge in [-0.15, -0.1) is 0 Å². The van der Waals surface area contributed by atoms with E-state index in [0.29, 0.717) is 38.0 Å². The zero-order valence-electron chi connectivity index (χ0n) is 19.7. The Morgan fingerprint density at radius 3 is 2.61 bits per heavy atom. The predicted octanol–water partition coefficient (Wildman–Crippen LogP) is 2.80. The Morgan fingerprint density at radius 1 is 1.23 bits per heavy atom. The summed E-state index contributed by atoms with van der Waals surface area (Å²) in [4.78, 5) is 27.4. The summed E-state index contributed by atoms with van der Waals surface area (Å²) in [5, 5.41) is 17.1. The molecule has 7 nitrogen and oxygen atoms in total. The normalized spacial score (nSPS) is 32.0. The molecule has 0 aromatic carbocycles. The van der Waals surface area contributed by atoms with Crippen LogP contribution in [0.5, 0.6) is 0 Å². The summed E-state index contributed by atoms with van der Waals surface area (Å²) in [6.07, 6.45) is 5.61. The van der Waals surface area contributed by atoms with Crippen molar-refractivity contribution >= 4 is 11.8 Å². The number of furan rings is 1. The molecule has 7 heteroatoms. The first-order valence-electron chi connectivity index (χ1n) is 11.4. The molecule has 2 aliphatic carbocycles. The molecule has 0 radical (unpaired) electrons. The molecule has 0 spiro atoms. The largest absolute Gasteiger partial charge is 0.459 e. The first-order valence-corrected chi connectivity index (χ1v) is 11.4. The van der Waals surface area contributed by atoms with E-state index in [2.05, 4.69) is 24.5 Å². The topological polar surface area (TPSA) is 94.8 Å². The molecule has 1 heterocycles. The van der Waals surface area contributed by atoms with Crippen LogP contribution in [0.1, 0.15) is 69.9 Å². The first-order chi connectivity index (χ1) is 14.5. The SMILES string of the molecule is CN(C)CCNC(=O)CCC12CCC(C)(O)CC1C(C)(C)CC2NC(=O)c1ccco1. The molecule has 31 heavy (non-hydrogen) atoms. The summed E-state index contributed by atoms with van der Waals surface area (Å²) in [6, 6.07) is 3.32. The van der Waals surface area contributed by atoms with Crippen LogP contribution < -0.4 is 10.6 Å². The first kappa shape index (κ1) is 23.8. The summed E-state index contributed by atoms with van der Waals surface area (Å²) >= 11 is 0. The van der Waals surface area contributed by atoms with Crippen molar-refractivity contribution in [2.75, 3.05) is 27.2 Å². The molecular formula is C24H39N3O4. The highest BCUT2D eigenvalue weighted by atomic mass is 16.3. The average Bonchev–Trinajstić information content (AvgIpc) is 3.26. The molecule has 174 valence electrons. The number of nitrogens with one attached hydrogen (secondary N) is 2. The highest BCUT2D eigenvalue weighted by Crippen LogP contribution is 2.63. The van der Waals surface area contributed by atoms with Gasteiger partial charge < -0.3 is 25.1 Å². The molecule has 3 N–H and O–H groups in total. The van der Waals surface area contributed by atoms with Crippen molar-refractivity contribution in [3.8, 4) is 0 Å². The Morgan fingerprint density at radius 2 is 1.97 bits per heavy atom. The van der Waals surface area contributed by atoms with Crippen LogP contribution in [0.25, 0.3) is 0 Å². The standard InChI is InChI=1S/C24H39N3O4/c1-22(2)16-19(26-21(29)17-7-6-14-31-17)24(11-10-23(3,30)15-18(22)24)9-8-20(28)25-12-13-27(4)5/h6-7,14,18-19,30H,8-13,15-16H2,1-5H3,(H,25,28)(H,26,29). The third kappa shape index (κ3) is 5.32. The van der Waals surface area contributed by atoms with Gasteiger partial charge in [-0.2, -0.15) is 0 Å². The lowest BCUT2D eigenvalue weighted by Crippen LogP contribution is -2.52. The lowest BCUT2D eigenvalue weighted by molar-refractivity contribution is -0.123. The van der Waals surface area contributed by atoms with Crippen LogP contribution in [-0.4, -0.2) is 60.6 Å². The van der Waals surface area contributed by atoms with Crippen molar-refractivity contribution in [1.29, 1.82) is 0 Å². The Balaban J connectivity index is 1.78. The van der Waals surface area contributed by atoms with E-state index in [0.717, 1.165) is 19.4 Å². The smallest absolute Gasteiger partial charge is 0.287 e. The van der Waals surface area contributed by atoms with Crippen molar-refractivity contribution in [3.63, 3.8) is 0 Å². The zero-order valence-corrected chi connectivity index (χ0v) is 19.7. The molecule has 1 aromatic heterocycles.